The van der Waals surface area contributed by atoms with Crippen molar-refractivity contribution in [2.24, 2.45) is 5.92 Å². The van der Waals surface area contributed by atoms with Gasteiger partial charge in [0.05, 0.1) is 0 Å². The lowest BCUT2D eigenvalue weighted by atomic mass is 9.80. The summed E-state index contributed by atoms with van der Waals surface area (Å²) in [6.07, 6.45) is 9.19. The number of hydrogen-bond donors (Lipinski definition) is 0. The minimum Gasteiger partial charge on any atom is -0.0796 e. The molecule has 3 aromatic rings. The second-order valence-corrected chi connectivity index (χ2v) is 6.55. The van der Waals surface area contributed by atoms with E-state index in [0.29, 0.717) is 17.8 Å². The average molecular weight is 294 g/mol. The van der Waals surface area contributed by atoms with Crippen molar-refractivity contribution in [1.29, 1.82) is 0 Å². The van der Waals surface area contributed by atoms with Gasteiger partial charge in [0.15, 0.2) is 0 Å². The van der Waals surface area contributed by atoms with Gasteiger partial charge in [-0.15, -0.1) is 0 Å². The molecule has 0 heterocycles. The summed E-state index contributed by atoms with van der Waals surface area (Å²) in [6.45, 7) is 0. The van der Waals surface area contributed by atoms with Crippen LogP contribution >= 0.6 is 0 Å². The Morgan fingerprint density at radius 1 is 0.652 bits per heavy atom. The molecule has 0 spiro atoms. The van der Waals surface area contributed by atoms with E-state index in [1.165, 1.54) is 27.5 Å². The lowest BCUT2D eigenvalue weighted by Crippen LogP contribution is -2.11. The molecule has 0 fully saturated rings. The standard InChI is InChI=1S/C23H18/c1-2-9-17(10-3-1)22-20-13-7-6-12-19(20)21-15-14-16-8-4-5-11-18(16)23(21)22/h1-15,19-20,22H/t19-,20-,22-/m0/s1. The van der Waals surface area contributed by atoms with E-state index in [-0.39, 0.29) is 0 Å². The molecule has 110 valence electrons. The van der Waals surface area contributed by atoms with Crippen molar-refractivity contribution in [1.82, 2.24) is 0 Å². The van der Waals surface area contributed by atoms with E-state index in [0.717, 1.165) is 0 Å². The van der Waals surface area contributed by atoms with Crippen molar-refractivity contribution in [3.8, 4) is 0 Å². The van der Waals surface area contributed by atoms with E-state index < -0.39 is 0 Å². The number of allylic oxidation sites excluding steroid dienone is 4. The average Bonchev–Trinajstić information content (AvgIpc) is 2.97. The van der Waals surface area contributed by atoms with Crippen LogP contribution in [-0.4, -0.2) is 0 Å². The minimum atomic E-state index is 0.448. The Bertz CT molecular complexity index is 931. The van der Waals surface area contributed by atoms with Gasteiger partial charge in [-0.05, 0) is 33.4 Å². The zero-order valence-corrected chi connectivity index (χ0v) is 12.9. The molecule has 0 radical (unpaired) electrons. The molecule has 0 nitrogen and oxygen atoms in total. The van der Waals surface area contributed by atoms with Crippen molar-refractivity contribution < 1.29 is 0 Å². The Labute approximate surface area is 136 Å². The fourth-order valence-corrected chi connectivity index (χ4v) is 4.45. The molecule has 0 saturated carbocycles. The van der Waals surface area contributed by atoms with Gasteiger partial charge in [0, 0.05) is 11.8 Å². The smallest absolute Gasteiger partial charge is 0.0170 e. The number of rotatable bonds is 1. The first-order valence-corrected chi connectivity index (χ1v) is 8.35. The highest BCUT2D eigenvalue weighted by molar-refractivity contribution is 5.89. The summed E-state index contributed by atoms with van der Waals surface area (Å²) in [7, 11) is 0. The van der Waals surface area contributed by atoms with Gasteiger partial charge in [-0.25, -0.2) is 0 Å². The highest BCUT2D eigenvalue weighted by Crippen LogP contribution is 2.54. The van der Waals surface area contributed by atoms with Crippen molar-refractivity contribution in [3.05, 3.63) is 108 Å². The zero-order valence-electron chi connectivity index (χ0n) is 12.9. The number of fused-ring (bicyclic) bond motifs is 5. The van der Waals surface area contributed by atoms with Gasteiger partial charge in [-0.2, -0.15) is 0 Å². The normalized spacial score (nSPS) is 24.6. The van der Waals surface area contributed by atoms with Crippen LogP contribution in [0.15, 0.2) is 91.0 Å². The first kappa shape index (κ1) is 12.9. The number of hydrogen-bond acceptors (Lipinski definition) is 0. The van der Waals surface area contributed by atoms with Crippen LogP contribution in [0.25, 0.3) is 10.8 Å². The summed E-state index contributed by atoms with van der Waals surface area (Å²) in [4.78, 5) is 0. The molecule has 3 aromatic carbocycles. The third-order valence-electron chi connectivity index (χ3n) is 5.40. The van der Waals surface area contributed by atoms with Crippen molar-refractivity contribution in [2.75, 3.05) is 0 Å². The Balaban J connectivity index is 1.84. The summed E-state index contributed by atoms with van der Waals surface area (Å²) in [6, 6.07) is 24.4. The van der Waals surface area contributed by atoms with Gasteiger partial charge in [-0.3, -0.25) is 0 Å². The van der Waals surface area contributed by atoms with Crippen molar-refractivity contribution >= 4 is 10.8 Å². The van der Waals surface area contributed by atoms with Crippen LogP contribution in [0.5, 0.6) is 0 Å². The quantitative estimate of drug-likeness (QED) is 0.531. The molecule has 0 aliphatic heterocycles. The van der Waals surface area contributed by atoms with Crippen molar-refractivity contribution in [2.45, 2.75) is 11.8 Å². The van der Waals surface area contributed by atoms with Gasteiger partial charge >= 0.3 is 0 Å². The van der Waals surface area contributed by atoms with Gasteiger partial charge in [0.2, 0.25) is 0 Å². The second kappa shape index (κ2) is 4.96. The summed E-state index contributed by atoms with van der Waals surface area (Å²) < 4.78 is 0. The van der Waals surface area contributed by atoms with Crippen LogP contribution in [0.3, 0.4) is 0 Å². The highest BCUT2D eigenvalue weighted by atomic mass is 14.4. The first-order chi connectivity index (χ1) is 11.4. The van der Waals surface area contributed by atoms with Crippen LogP contribution in [0, 0.1) is 5.92 Å². The second-order valence-electron chi connectivity index (χ2n) is 6.55. The Kier molecular flexibility index (Phi) is 2.78. The molecule has 5 rings (SSSR count). The van der Waals surface area contributed by atoms with E-state index in [2.05, 4.69) is 91.0 Å². The Morgan fingerprint density at radius 3 is 2.35 bits per heavy atom. The van der Waals surface area contributed by atoms with Crippen LogP contribution < -0.4 is 0 Å². The maximum Gasteiger partial charge on any atom is 0.0170 e. The molecular weight excluding hydrogens is 276 g/mol. The maximum atomic E-state index is 2.40. The largest absolute Gasteiger partial charge is 0.0796 e. The molecule has 0 bridgehead atoms. The third-order valence-corrected chi connectivity index (χ3v) is 5.40. The van der Waals surface area contributed by atoms with E-state index in [4.69, 9.17) is 0 Å². The Morgan fingerprint density at radius 2 is 1.43 bits per heavy atom. The van der Waals surface area contributed by atoms with Gasteiger partial charge in [0.1, 0.15) is 0 Å². The van der Waals surface area contributed by atoms with Crippen molar-refractivity contribution in [3.63, 3.8) is 0 Å². The molecule has 23 heavy (non-hydrogen) atoms. The molecule has 2 aliphatic rings. The summed E-state index contributed by atoms with van der Waals surface area (Å²) in [5, 5.41) is 2.76. The van der Waals surface area contributed by atoms with Gasteiger partial charge in [-0.1, -0.05) is 91.0 Å². The minimum absolute atomic E-state index is 0.448. The predicted molar refractivity (Wildman–Crippen MR) is 96.7 cm³/mol. The fourth-order valence-electron chi connectivity index (χ4n) is 4.45. The number of benzene rings is 3. The van der Waals surface area contributed by atoms with Gasteiger partial charge in [0.25, 0.3) is 0 Å². The van der Waals surface area contributed by atoms with Crippen LogP contribution in [0.4, 0.5) is 0 Å². The van der Waals surface area contributed by atoms with E-state index in [9.17, 15) is 0 Å². The summed E-state index contributed by atoms with van der Waals surface area (Å²) in [5.74, 6) is 1.48. The van der Waals surface area contributed by atoms with E-state index in [1.54, 1.807) is 0 Å². The third kappa shape index (κ3) is 1.85. The van der Waals surface area contributed by atoms with Crippen LogP contribution in [0.1, 0.15) is 28.5 Å². The summed E-state index contributed by atoms with van der Waals surface area (Å²) >= 11 is 0. The highest BCUT2D eigenvalue weighted by Gasteiger charge is 2.40. The molecular formula is C23H18. The monoisotopic (exact) mass is 294 g/mol. The SMILES string of the molecule is C1=C[C@@H]2[C@H](c3ccccc3)c3c(ccc4ccccc34)[C@H]2C=C1. The molecule has 0 unspecified atom stereocenters. The molecule has 0 aromatic heterocycles. The maximum absolute atomic E-state index is 2.40. The molecule has 0 heteroatoms. The Hall–Kier alpha value is -2.60. The molecule has 3 atom stereocenters. The van der Waals surface area contributed by atoms with Crippen LogP contribution in [-0.2, 0) is 0 Å². The lowest BCUT2D eigenvalue weighted by Gasteiger charge is -2.23. The van der Waals surface area contributed by atoms with E-state index >= 15 is 0 Å². The molecule has 0 saturated heterocycles. The lowest BCUT2D eigenvalue weighted by molar-refractivity contribution is 0.568. The van der Waals surface area contributed by atoms with Gasteiger partial charge < -0.3 is 0 Å². The fraction of sp³-hybridized carbons (Fsp3) is 0.130. The molecule has 2 aliphatic carbocycles. The van der Waals surface area contributed by atoms with E-state index in [1.807, 2.05) is 0 Å². The summed E-state index contributed by atoms with van der Waals surface area (Å²) in [5.41, 5.74) is 4.46. The zero-order chi connectivity index (χ0) is 15.2. The van der Waals surface area contributed by atoms with Crippen LogP contribution in [0.2, 0.25) is 0 Å². The first-order valence-electron chi connectivity index (χ1n) is 8.35. The molecule has 0 amide bonds. The predicted octanol–water partition coefficient (Wildman–Crippen LogP) is 5.81. The molecule has 0 N–H and O–H groups in total. The topological polar surface area (TPSA) is 0 Å².